The molecule has 0 amide bonds. The van der Waals surface area contributed by atoms with Crippen molar-refractivity contribution >= 4 is 0 Å². The maximum absolute atomic E-state index is 10.8. The molecule has 0 radical (unpaired) electrons. The minimum absolute atomic E-state index is 0.592. The van der Waals surface area contributed by atoms with Crippen molar-refractivity contribution in [2.45, 2.75) is 52.6 Å². The summed E-state index contributed by atoms with van der Waals surface area (Å²) in [6.07, 6.45) is 3.02. The third-order valence-corrected chi connectivity index (χ3v) is 4.85. The lowest BCUT2D eigenvalue weighted by atomic mass is 9.66. The van der Waals surface area contributed by atoms with E-state index in [1.165, 1.54) is 5.56 Å². The van der Waals surface area contributed by atoms with Crippen LogP contribution in [0.2, 0.25) is 0 Å². The fraction of sp³-hybridized carbons (Fsp3) is 0.588. The monoisotopic (exact) mass is 257 g/mol. The van der Waals surface area contributed by atoms with Crippen LogP contribution in [0.3, 0.4) is 0 Å². The molecule has 0 spiro atoms. The number of rotatable bonds is 2. The number of aliphatic hydroxyl groups excluding tert-OH is 1. The van der Waals surface area contributed by atoms with Gasteiger partial charge in [-0.3, -0.25) is 0 Å². The van der Waals surface area contributed by atoms with Crippen LogP contribution in [-0.2, 0) is 0 Å². The molecule has 0 bridgehead atoms. The van der Waals surface area contributed by atoms with Crippen LogP contribution >= 0.6 is 0 Å². The minimum Gasteiger partial charge on any atom is -0.387 e. The van der Waals surface area contributed by atoms with Crippen LogP contribution in [-0.4, -0.2) is 5.11 Å². The van der Waals surface area contributed by atoms with Crippen LogP contribution in [0.4, 0.5) is 0 Å². The molecule has 1 aliphatic carbocycles. The molecule has 0 heterocycles. The molecule has 1 unspecified atom stereocenters. The van der Waals surface area contributed by atoms with Crippen LogP contribution < -0.4 is 0 Å². The number of nitriles is 1. The Hall–Kier alpha value is -1.33. The maximum Gasteiger partial charge on any atom is 0.0978 e. The van der Waals surface area contributed by atoms with Crippen molar-refractivity contribution in [3.8, 4) is 6.07 Å². The summed E-state index contributed by atoms with van der Waals surface area (Å²) < 4.78 is 0. The number of hydrogen-bond donors (Lipinski definition) is 1. The molecule has 102 valence electrons. The molecule has 2 nitrogen and oxygen atoms in total. The molecular formula is C17H23NO. The van der Waals surface area contributed by atoms with Crippen LogP contribution in [0, 0.1) is 36.5 Å². The average Bonchev–Trinajstić information content (AvgIpc) is 2.42. The highest BCUT2D eigenvalue weighted by molar-refractivity contribution is 5.36. The van der Waals surface area contributed by atoms with Gasteiger partial charge in [0.15, 0.2) is 0 Å². The van der Waals surface area contributed by atoms with Gasteiger partial charge in [-0.2, -0.15) is 5.26 Å². The summed E-state index contributed by atoms with van der Waals surface area (Å²) in [5.41, 5.74) is 2.62. The van der Waals surface area contributed by atoms with Gasteiger partial charge in [-0.05, 0) is 62.1 Å². The van der Waals surface area contributed by atoms with Crippen LogP contribution in [0.5, 0.6) is 0 Å². The highest BCUT2D eigenvalue weighted by atomic mass is 16.3. The van der Waals surface area contributed by atoms with Crippen molar-refractivity contribution in [3.63, 3.8) is 0 Å². The van der Waals surface area contributed by atoms with E-state index in [2.05, 4.69) is 13.0 Å². The first-order valence-electron chi connectivity index (χ1n) is 7.15. The molecule has 2 rings (SSSR count). The molecule has 1 saturated carbocycles. The fourth-order valence-corrected chi connectivity index (χ4v) is 3.09. The van der Waals surface area contributed by atoms with Gasteiger partial charge in [-0.1, -0.05) is 25.1 Å². The molecule has 0 aliphatic heterocycles. The fourth-order valence-electron chi connectivity index (χ4n) is 3.09. The molecule has 1 aliphatic rings. The minimum atomic E-state index is -0.662. The van der Waals surface area contributed by atoms with Crippen molar-refractivity contribution in [3.05, 3.63) is 34.9 Å². The second-order valence-electron chi connectivity index (χ2n) is 6.14. The van der Waals surface area contributed by atoms with Gasteiger partial charge >= 0.3 is 0 Å². The maximum atomic E-state index is 10.8. The number of aryl methyl sites for hydroxylation is 1. The summed E-state index contributed by atoms with van der Waals surface area (Å²) in [5, 5.41) is 20.4. The molecule has 1 fully saturated rings. The van der Waals surface area contributed by atoms with Gasteiger partial charge < -0.3 is 5.11 Å². The molecule has 1 aromatic carbocycles. The lowest BCUT2D eigenvalue weighted by Gasteiger charge is -2.38. The summed E-state index contributed by atoms with van der Waals surface area (Å²) in [6.45, 7) is 6.31. The summed E-state index contributed by atoms with van der Waals surface area (Å²) in [6, 6.07) is 8.41. The molecular weight excluding hydrogens is 234 g/mol. The van der Waals surface area contributed by atoms with Crippen LogP contribution in [0.25, 0.3) is 0 Å². The molecule has 19 heavy (non-hydrogen) atoms. The highest BCUT2D eigenvalue weighted by Gasteiger charge is 2.42. The third kappa shape index (κ3) is 2.53. The molecule has 1 N–H and O–H groups in total. The van der Waals surface area contributed by atoms with Crippen molar-refractivity contribution in [1.29, 1.82) is 5.26 Å². The lowest BCUT2D eigenvalue weighted by molar-refractivity contribution is 0.0262. The topological polar surface area (TPSA) is 44.0 Å². The van der Waals surface area contributed by atoms with Crippen molar-refractivity contribution in [2.24, 2.45) is 11.3 Å². The Kier molecular flexibility index (Phi) is 3.96. The Bertz CT molecular complexity index is 492. The largest absolute Gasteiger partial charge is 0.387 e. The summed E-state index contributed by atoms with van der Waals surface area (Å²) >= 11 is 0. The van der Waals surface area contributed by atoms with E-state index in [1.807, 2.05) is 32.0 Å². The molecule has 1 aromatic rings. The number of aliphatic hydroxyl groups is 1. The zero-order valence-electron chi connectivity index (χ0n) is 12.1. The van der Waals surface area contributed by atoms with Gasteiger partial charge in [-0.25, -0.2) is 0 Å². The van der Waals surface area contributed by atoms with Crippen LogP contribution in [0.1, 0.15) is 55.4 Å². The summed E-state index contributed by atoms with van der Waals surface area (Å²) in [4.78, 5) is 0. The first-order valence-corrected chi connectivity index (χ1v) is 7.15. The Labute approximate surface area is 116 Å². The van der Waals surface area contributed by atoms with E-state index in [4.69, 9.17) is 0 Å². The number of nitrogens with zero attached hydrogens (tertiary/aromatic N) is 1. The first kappa shape index (κ1) is 14.1. The second kappa shape index (κ2) is 5.35. The van der Waals surface area contributed by atoms with Gasteiger partial charge in [0.25, 0.3) is 0 Å². The van der Waals surface area contributed by atoms with Gasteiger partial charge in [0.05, 0.1) is 17.6 Å². The van der Waals surface area contributed by atoms with Crippen molar-refractivity contribution in [2.75, 3.05) is 0 Å². The Morgan fingerprint density at radius 3 is 2.53 bits per heavy atom. The number of hydrogen-bond acceptors (Lipinski definition) is 2. The van der Waals surface area contributed by atoms with E-state index in [1.54, 1.807) is 0 Å². The first-order chi connectivity index (χ1) is 9.00. The Balaban J connectivity index is 2.34. The van der Waals surface area contributed by atoms with E-state index in [0.717, 1.165) is 36.8 Å². The van der Waals surface area contributed by atoms with Gasteiger partial charge in [-0.15, -0.1) is 0 Å². The van der Waals surface area contributed by atoms with E-state index in [-0.39, 0.29) is 0 Å². The van der Waals surface area contributed by atoms with E-state index in [9.17, 15) is 10.4 Å². The van der Waals surface area contributed by atoms with E-state index < -0.39 is 11.5 Å². The van der Waals surface area contributed by atoms with Gasteiger partial charge in [0.1, 0.15) is 0 Å². The molecule has 0 saturated heterocycles. The SMILES string of the molecule is Cc1cccc(C(O)C2(C#N)CCC(C)CC2)c1C. The van der Waals surface area contributed by atoms with Crippen LogP contribution in [0.15, 0.2) is 18.2 Å². The standard InChI is InChI=1S/C17H23NO/c1-12-7-9-17(11-18,10-8-12)16(19)15-6-4-5-13(2)14(15)3/h4-6,12,16,19H,7-10H2,1-3H3. The average molecular weight is 257 g/mol. The van der Waals surface area contributed by atoms with Gasteiger partial charge in [0.2, 0.25) is 0 Å². The zero-order valence-corrected chi connectivity index (χ0v) is 12.1. The quantitative estimate of drug-likeness (QED) is 0.868. The summed E-state index contributed by atoms with van der Waals surface area (Å²) in [7, 11) is 0. The molecule has 2 heteroatoms. The third-order valence-electron chi connectivity index (χ3n) is 4.85. The molecule has 1 atom stereocenters. The summed E-state index contributed by atoms with van der Waals surface area (Å²) in [5.74, 6) is 0.673. The number of benzene rings is 1. The Morgan fingerprint density at radius 2 is 1.95 bits per heavy atom. The van der Waals surface area contributed by atoms with Gasteiger partial charge in [0, 0.05) is 0 Å². The van der Waals surface area contributed by atoms with E-state index in [0.29, 0.717) is 5.92 Å². The smallest absolute Gasteiger partial charge is 0.0978 e. The second-order valence-corrected chi connectivity index (χ2v) is 6.14. The lowest BCUT2D eigenvalue weighted by Crippen LogP contribution is -2.32. The Morgan fingerprint density at radius 1 is 1.32 bits per heavy atom. The predicted octanol–water partition coefficient (Wildman–Crippen LogP) is 4.06. The van der Waals surface area contributed by atoms with Crippen molar-refractivity contribution in [1.82, 2.24) is 0 Å². The van der Waals surface area contributed by atoms with E-state index >= 15 is 0 Å². The molecule has 0 aromatic heterocycles. The predicted molar refractivity (Wildman–Crippen MR) is 76.6 cm³/mol. The normalized spacial score (nSPS) is 28.7. The zero-order chi connectivity index (χ0) is 14.0. The highest BCUT2D eigenvalue weighted by Crippen LogP contribution is 2.47. The van der Waals surface area contributed by atoms with Crippen molar-refractivity contribution < 1.29 is 5.11 Å².